The highest BCUT2D eigenvalue weighted by molar-refractivity contribution is 5.76. The summed E-state index contributed by atoms with van der Waals surface area (Å²) < 4.78 is 11.0. The molecular formula is C17H23N5O3. The van der Waals surface area contributed by atoms with E-state index in [4.69, 9.17) is 9.47 Å². The molecule has 134 valence electrons. The van der Waals surface area contributed by atoms with Crippen molar-refractivity contribution in [1.29, 1.82) is 0 Å². The van der Waals surface area contributed by atoms with E-state index in [2.05, 4.69) is 20.2 Å². The Labute approximate surface area is 146 Å². The number of methoxy groups -OCH3 is 1. The van der Waals surface area contributed by atoms with Gasteiger partial charge in [-0.15, -0.1) is 0 Å². The average molecular weight is 345 g/mol. The molecule has 8 nitrogen and oxygen atoms in total. The van der Waals surface area contributed by atoms with Crippen molar-refractivity contribution in [2.75, 3.05) is 20.2 Å². The van der Waals surface area contributed by atoms with Crippen LogP contribution in [0.2, 0.25) is 0 Å². The molecule has 1 N–H and O–H groups in total. The van der Waals surface area contributed by atoms with Crippen LogP contribution < -0.4 is 9.47 Å². The van der Waals surface area contributed by atoms with Gasteiger partial charge in [-0.05, 0) is 25.8 Å². The molecule has 0 aliphatic carbocycles. The summed E-state index contributed by atoms with van der Waals surface area (Å²) in [5.41, 5.74) is 3.12. The van der Waals surface area contributed by atoms with E-state index in [9.17, 15) is 4.79 Å². The van der Waals surface area contributed by atoms with Gasteiger partial charge in [-0.25, -0.2) is 9.97 Å². The zero-order valence-electron chi connectivity index (χ0n) is 14.8. The standard InChI is InChI=1S/C17H23N5O3/c1-11-14(12(2)21-20-11)4-5-15(23)22-9-6-13(10-22)25-17-16(24-3)18-7-8-19-17/h7-8,13H,4-6,9-10H2,1-3H3,(H,20,21)/t13-/m1/s1. The highest BCUT2D eigenvalue weighted by atomic mass is 16.5. The number of carbonyl (C=O) groups is 1. The van der Waals surface area contributed by atoms with Gasteiger partial charge >= 0.3 is 0 Å². The molecule has 0 unspecified atom stereocenters. The van der Waals surface area contributed by atoms with E-state index in [-0.39, 0.29) is 12.0 Å². The second-order valence-electron chi connectivity index (χ2n) is 6.15. The van der Waals surface area contributed by atoms with E-state index < -0.39 is 0 Å². The van der Waals surface area contributed by atoms with Gasteiger partial charge in [0, 0.05) is 37.5 Å². The number of ether oxygens (including phenoxy) is 2. The molecular weight excluding hydrogens is 322 g/mol. The Kier molecular flexibility index (Phi) is 5.16. The number of H-pyrrole nitrogens is 1. The molecule has 3 rings (SSSR count). The van der Waals surface area contributed by atoms with E-state index in [1.807, 2.05) is 18.7 Å². The second kappa shape index (κ2) is 7.50. The Balaban J connectivity index is 1.53. The zero-order valence-corrected chi connectivity index (χ0v) is 14.8. The third-order valence-corrected chi connectivity index (χ3v) is 4.47. The number of likely N-dealkylation sites (tertiary alicyclic amines) is 1. The lowest BCUT2D eigenvalue weighted by Crippen LogP contribution is -2.31. The topological polar surface area (TPSA) is 93.2 Å². The highest BCUT2D eigenvalue weighted by Crippen LogP contribution is 2.24. The zero-order chi connectivity index (χ0) is 17.8. The Bertz CT molecular complexity index is 726. The van der Waals surface area contributed by atoms with Crippen molar-refractivity contribution in [3.63, 3.8) is 0 Å². The van der Waals surface area contributed by atoms with Crippen molar-refractivity contribution >= 4 is 5.91 Å². The first-order chi connectivity index (χ1) is 12.1. The van der Waals surface area contributed by atoms with E-state index in [0.717, 1.165) is 23.4 Å². The first-order valence-corrected chi connectivity index (χ1v) is 8.38. The summed E-state index contributed by atoms with van der Waals surface area (Å²) in [4.78, 5) is 22.5. The van der Waals surface area contributed by atoms with Crippen LogP contribution in [0.25, 0.3) is 0 Å². The van der Waals surface area contributed by atoms with Gasteiger partial charge in [0.25, 0.3) is 11.8 Å². The lowest BCUT2D eigenvalue weighted by atomic mass is 10.1. The van der Waals surface area contributed by atoms with E-state index in [1.165, 1.54) is 7.11 Å². The SMILES string of the molecule is COc1nccnc1O[C@@H]1CCN(C(=O)CCc2c(C)n[nH]c2C)C1. The maximum atomic E-state index is 12.5. The summed E-state index contributed by atoms with van der Waals surface area (Å²) in [6, 6.07) is 0. The van der Waals surface area contributed by atoms with Crippen LogP contribution in [0.4, 0.5) is 0 Å². The molecule has 1 aliphatic heterocycles. The first-order valence-electron chi connectivity index (χ1n) is 8.38. The molecule has 1 amide bonds. The largest absolute Gasteiger partial charge is 0.477 e. The molecule has 1 saturated heterocycles. The molecule has 3 heterocycles. The van der Waals surface area contributed by atoms with Gasteiger partial charge in [0.2, 0.25) is 5.91 Å². The first kappa shape index (κ1) is 17.2. The molecule has 1 fully saturated rings. The minimum Gasteiger partial charge on any atom is -0.477 e. The molecule has 1 atom stereocenters. The van der Waals surface area contributed by atoms with Crippen molar-refractivity contribution in [3.05, 3.63) is 29.3 Å². The van der Waals surface area contributed by atoms with Crippen molar-refractivity contribution in [2.45, 2.75) is 39.2 Å². The number of aromatic nitrogens is 4. The Morgan fingerprint density at radius 2 is 2.08 bits per heavy atom. The van der Waals surface area contributed by atoms with Crippen LogP contribution in [-0.2, 0) is 11.2 Å². The number of aromatic amines is 1. The normalized spacial score (nSPS) is 16.9. The molecule has 8 heteroatoms. The third-order valence-electron chi connectivity index (χ3n) is 4.47. The van der Waals surface area contributed by atoms with Gasteiger partial charge < -0.3 is 14.4 Å². The van der Waals surface area contributed by atoms with E-state index in [0.29, 0.717) is 37.7 Å². The maximum Gasteiger partial charge on any atom is 0.278 e. The molecule has 2 aromatic rings. The number of nitrogens with one attached hydrogen (secondary N) is 1. The van der Waals surface area contributed by atoms with E-state index >= 15 is 0 Å². The van der Waals surface area contributed by atoms with Crippen molar-refractivity contribution in [1.82, 2.24) is 25.1 Å². The minimum absolute atomic E-state index is 0.0908. The fourth-order valence-electron chi connectivity index (χ4n) is 3.07. The fraction of sp³-hybridized carbons (Fsp3) is 0.529. The van der Waals surface area contributed by atoms with Crippen molar-refractivity contribution < 1.29 is 14.3 Å². The lowest BCUT2D eigenvalue weighted by molar-refractivity contribution is -0.130. The summed E-state index contributed by atoms with van der Waals surface area (Å²) in [7, 11) is 1.53. The number of hydrogen-bond donors (Lipinski definition) is 1. The second-order valence-corrected chi connectivity index (χ2v) is 6.15. The molecule has 1 aliphatic rings. The smallest absolute Gasteiger partial charge is 0.278 e. The predicted molar refractivity (Wildman–Crippen MR) is 90.6 cm³/mol. The van der Waals surface area contributed by atoms with Crippen LogP contribution in [-0.4, -0.2) is 57.3 Å². The summed E-state index contributed by atoms with van der Waals surface area (Å²) >= 11 is 0. The van der Waals surface area contributed by atoms with Crippen LogP contribution in [0.1, 0.15) is 29.8 Å². The van der Waals surface area contributed by atoms with Gasteiger partial charge in [-0.2, -0.15) is 5.10 Å². The molecule has 0 spiro atoms. The maximum absolute atomic E-state index is 12.5. The summed E-state index contributed by atoms with van der Waals surface area (Å²) in [5, 5.41) is 7.13. The Hall–Kier alpha value is -2.64. The van der Waals surface area contributed by atoms with E-state index in [1.54, 1.807) is 12.4 Å². The molecule has 0 saturated carbocycles. The van der Waals surface area contributed by atoms with Gasteiger partial charge in [0.15, 0.2) is 0 Å². The summed E-state index contributed by atoms with van der Waals surface area (Å²) in [6.07, 6.45) is 4.97. The van der Waals surface area contributed by atoms with Crippen molar-refractivity contribution in [2.24, 2.45) is 0 Å². The lowest BCUT2D eigenvalue weighted by Gasteiger charge is -2.17. The van der Waals surface area contributed by atoms with Gasteiger partial charge in [-0.3, -0.25) is 9.89 Å². The summed E-state index contributed by atoms with van der Waals surface area (Å²) in [5.74, 6) is 0.865. The number of aryl methyl sites for hydroxylation is 2. The van der Waals surface area contributed by atoms with Crippen LogP contribution in [0, 0.1) is 13.8 Å². The average Bonchev–Trinajstić information content (AvgIpc) is 3.21. The van der Waals surface area contributed by atoms with Gasteiger partial charge in [-0.1, -0.05) is 0 Å². The monoisotopic (exact) mass is 345 g/mol. The molecule has 0 bridgehead atoms. The van der Waals surface area contributed by atoms with Crippen molar-refractivity contribution in [3.8, 4) is 11.8 Å². The summed E-state index contributed by atoms with van der Waals surface area (Å²) in [6.45, 7) is 5.18. The van der Waals surface area contributed by atoms with Crippen LogP contribution >= 0.6 is 0 Å². The molecule has 2 aromatic heterocycles. The number of amides is 1. The van der Waals surface area contributed by atoms with Crippen LogP contribution in [0.15, 0.2) is 12.4 Å². The Morgan fingerprint density at radius 3 is 2.76 bits per heavy atom. The fourth-order valence-corrected chi connectivity index (χ4v) is 3.07. The number of nitrogens with zero attached hydrogens (tertiary/aromatic N) is 4. The predicted octanol–water partition coefficient (Wildman–Crippen LogP) is 1.44. The van der Waals surface area contributed by atoms with Crippen LogP contribution in [0.5, 0.6) is 11.8 Å². The number of carbonyl (C=O) groups excluding carboxylic acids is 1. The van der Waals surface area contributed by atoms with Crippen LogP contribution in [0.3, 0.4) is 0 Å². The highest BCUT2D eigenvalue weighted by Gasteiger charge is 2.28. The van der Waals surface area contributed by atoms with Gasteiger partial charge in [0.1, 0.15) is 6.10 Å². The number of hydrogen-bond acceptors (Lipinski definition) is 6. The van der Waals surface area contributed by atoms with Gasteiger partial charge in [0.05, 0.1) is 19.3 Å². The molecule has 0 aromatic carbocycles. The Morgan fingerprint density at radius 1 is 1.32 bits per heavy atom. The molecule has 0 radical (unpaired) electrons. The minimum atomic E-state index is -0.0908. The quantitative estimate of drug-likeness (QED) is 0.851. The molecule has 25 heavy (non-hydrogen) atoms. The number of rotatable bonds is 6. The third kappa shape index (κ3) is 3.89.